The summed E-state index contributed by atoms with van der Waals surface area (Å²) in [5, 5.41) is 9.69. The molecule has 0 saturated carbocycles. The average Bonchev–Trinajstić information content (AvgIpc) is 2.42. The van der Waals surface area contributed by atoms with E-state index in [1.165, 1.54) is 13.2 Å². The van der Waals surface area contributed by atoms with Gasteiger partial charge in [0, 0.05) is 11.1 Å². The zero-order valence-electron chi connectivity index (χ0n) is 9.68. The molecule has 0 aliphatic rings. The van der Waals surface area contributed by atoms with Crippen LogP contribution in [0.3, 0.4) is 0 Å². The van der Waals surface area contributed by atoms with Gasteiger partial charge in [-0.1, -0.05) is 30.3 Å². The van der Waals surface area contributed by atoms with Crippen LogP contribution < -0.4 is 4.74 Å². The lowest BCUT2D eigenvalue weighted by atomic mass is 10.0. The number of halogens is 1. The van der Waals surface area contributed by atoms with Crippen LogP contribution >= 0.6 is 15.9 Å². The topological polar surface area (TPSA) is 46.5 Å². The maximum Gasteiger partial charge on any atom is 0.193 e. The van der Waals surface area contributed by atoms with E-state index in [1.807, 2.05) is 6.07 Å². The highest BCUT2D eigenvalue weighted by atomic mass is 79.9. The third-order valence-electron chi connectivity index (χ3n) is 2.55. The Bertz CT molecular complexity index is 579. The molecule has 0 aliphatic heterocycles. The Kier molecular flexibility index (Phi) is 3.67. The second-order valence-electron chi connectivity index (χ2n) is 3.70. The highest BCUT2D eigenvalue weighted by molar-refractivity contribution is 9.10. The van der Waals surface area contributed by atoms with Crippen LogP contribution in [0.25, 0.3) is 0 Å². The molecule has 0 spiro atoms. The van der Waals surface area contributed by atoms with Gasteiger partial charge >= 0.3 is 0 Å². The molecule has 0 amide bonds. The molecule has 4 heteroatoms. The molecule has 3 nitrogen and oxygen atoms in total. The maximum absolute atomic E-state index is 12.2. The van der Waals surface area contributed by atoms with Gasteiger partial charge in [0.2, 0.25) is 0 Å². The predicted octanol–water partition coefficient (Wildman–Crippen LogP) is 3.39. The molecule has 0 atom stereocenters. The molecule has 2 rings (SSSR count). The number of methoxy groups -OCH3 is 1. The van der Waals surface area contributed by atoms with Crippen LogP contribution in [0.2, 0.25) is 0 Å². The van der Waals surface area contributed by atoms with Crippen molar-refractivity contribution in [3.63, 3.8) is 0 Å². The summed E-state index contributed by atoms with van der Waals surface area (Å²) in [4.78, 5) is 12.2. The van der Waals surface area contributed by atoms with Crippen LogP contribution in [0.4, 0.5) is 0 Å². The monoisotopic (exact) mass is 306 g/mol. The van der Waals surface area contributed by atoms with Gasteiger partial charge in [0.1, 0.15) is 0 Å². The first-order valence-corrected chi connectivity index (χ1v) is 6.09. The molecular weight excluding hydrogens is 296 g/mol. The lowest BCUT2D eigenvalue weighted by Gasteiger charge is -2.08. The summed E-state index contributed by atoms with van der Waals surface area (Å²) in [7, 11) is 1.44. The van der Waals surface area contributed by atoms with E-state index in [9.17, 15) is 9.90 Å². The first-order valence-electron chi connectivity index (χ1n) is 5.29. The lowest BCUT2D eigenvalue weighted by Crippen LogP contribution is -2.01. The standard InChI is InChI=1S/C14H11BrO3/c1-18-12-8-10(7-11(15)14(12)17)13(16)9-5-3-2-4-6-9/h2-8,17H,1H3. The molecule has 0 unspecified atom stereocenters. The Morgan fingerprint density at radius 2 is 1.83 bits per heavy atom. The number of phenols is 1. The van der Waals surface area contributed by atoms with Gasteiger partial charge < -0.3 is 9.84 Å². The fourth-order valence-electron chi connectivity index (χ4n) is 1.62. The van der Waals surface area contributed by atoms with Gasteiger partial charge in [-0.05, 0) is 28.1 Å². The van der Waals surface area contributed by atoms with E-state index in [-0.39, 0.29) is 17.3 Å². The van der Waals surface area contributed by atoms with Crippen molar-refractivity contribution in [1.82, 2.24) is 0 Å². The van der Waals surface area contributed by atoms with E-state index in [1.54, 1.807) is 30.3 Å². The minimum Gasteiger partial charge on any atom is -0.503 e. The van der Waals surface area contributed by atoms with Crippen LogP contribution in [-0.4, -0.2) is 18.0 Å². The zero-order chi connectivity index (χ0) is 13.1. The maximum atomic E-state index is 12.2. The van der Waals surface area contributed by atoms with Crippen molar-refractivity contribution in [3.8, 4) is 11.5 Å². The third kappa shape index (κ3) is 2.38. The molecule has 0 aliphatic carbocycles. The summed E-state index contributed by atoms with van der Waals surface area (Å²) in [6.07, 6.45) is 0. The number of ketones is 1. The van der Waals surface area contributed by atoms with Gasteiger partial charge in [-0.15, -0.1) is 0 Å². The third-order valence-corrected chi connectivity index (χ3v) is 3.15. The van der Waals surface area contributed by atoms with Crippen LogP contribution in [0, 0.1) is 0 Å². The highest BCUT2D eigenvalue weighted by Crippen LogP contribution is 2.35. The normalized spacial score (nSPS) is 10.1. The Morgan fingerprint density at radius 1 is 1.17 bits per heavy atom. The van der Waals surface area contributed by atoms with Crippen LogP contribution in [0.5, 0.6) is 11.5 Å². The summed E-state index contributed by atoms with van der Waals surface area (Å²) >= 11 is 3.20. The van der Waals surface area contributed by atoms with E-state index >= 15 is 0 Å². The Labute approximate surface area is 113 Å². The fraction of sp³-hybridized carbons (Fsp3) is 0.0714. The van der Waals surface area contributed by atoms with Gasteiger partial charge in [0.25, 0.3) is 0 Å². The summed E-state index contributed by atoms with van der Waals surface area (Å²) in [5.74, 6) is 0.139. The molecule has 18 heavy (non-hydrogen) atoms. The Morgan fingerprint density at radius 3 is 2.44 bits per heavy atom. The second-order valence-corrected chi connectivity index (χ2v) is 4.56. The van der Waals surface area contributed by atoms with Gasteiger partial charge in [-0.25, -0.2) is 0 Å². The van der Waals surface area contributed by atoms with Crippen molar-refractivity contribution in [1.29, 1.82) is 0 Å². The molecule has 1 N–H and O–H groups in total. The number of carbonyl (C=O) groups is 1. The van der Waals surface area contributed by atoms with E-state index in [0.717, 1.165) is 0 Å². The number of aromatic hydroxyl groups is 1. The van der Waals surface area contributed by atoms with Crippen molar-refractivity contribution < 1.29 is 14.6 Å². The summed E-state index contributed by atoms with van der Waals surface area (Å²) in [5.41, 5.74) is 1.06. The van der Waals surface area contributed by atoms with Crippen molar-refractivity contribution in [2.75, 3.05) is 7.11 Å². The predicted molar refractivity (Wildman–Crippen MR) is 72.2 cm³/mol. The zero-order valence-corrected chi connectivity index (χ0v) is 11.3. The van der Waals surface area contributed by atoms with Gasteiger partial charge in [-0.2, -0.15) is 0 Å². The molecule has 0 bridgehead atoms. The molecule has 0 radical (unpaired) electrons. The SMILES string of the molecule is COc1cc(C(=O)c2ccccc2)cc(Br)c1O. The smallest absolute Gasteiger partial charge is 0.193 e. The fourth-order valence-corrected chi connectivity index (χ4v) is 2.06. The summed E-state index contributed by atoms with van der Waals surface area (Å²) in [6.45, 7) is 0. The summed E-state index contributed by atoms with van der Waals surface area (Å²) < 4.78 is 5.45. The summed E-state index contributed by atoms with van der Waals surface area (Å²) in [6, 6.07) is 12.1. The van der Waals surface area contributed by atoms with Crippen LogP contribution in [-0.2, 0) is 0 Å². The lowest BCUT2D eigenvalue weighted by molar-refractivity contribution is 0.103. The number of rotatable bonds is 3. The van der Waals surface area contributed by atoms with Crippen LogP contribution in [0.1, 0.15) is 15.9 Å². The van der Waals surface area contributed by atoms with E-state index < -0.39 is 0 Å². The largest absolute Gasteiger partial charge is 0.503 e. The molecule has 0 aromatic heterocycles. The molecule has 2 aromatic carbocycles. The Balaban J connectivity index is 2.46. The molecule has 0 saturated heterocycles. The number of ether oxygens (including phenoxy) is 1. The van der Waals surface area contributed by atoms with Crippen molar-refractivity contribution in [3.05, 3.63) is 58.1 Å². The number of phenolic OH excluding ortho intramolecular Hbond substituents is 1. The minimum absolute atomic E-state index is 0.0119. The van der Waals surface area contributed by atoms with Gasteiger partial charge in [0.05, 0.1) is 11.6 Å². The van der Waals surface area contributed by atoms with Gasteiger partial charge in [0.15, 0.2) is 17.3 Å². The van der Waals surface area contributed by atoms with Crippen LogP contribution in [0.15, 0.2) is 46.9 Å². The second kappa shape index (κ2) is 5.23. The number of hydrogen-bond donors (Lipinski definition) is 1. The van der Waals surface area contributed by atoms with Crippen molar-refractivity contribution in [2.45, 2.75) is 0 Å². The van der Waals surface area contributed by atoms with Crippen molar-refractivity contribution >= 4 is 21.7 Å². The molecule has 92 valence electrons. The van der Waals surface area contributed by atoms with E-state index in [2.05, 4.69) is 15.9 Å². The van der Waals surface area contributed by atoms with E-state index in [4.69, 9.17) is 4.74 Å². The number of carbonyl (C=O) groups excluding carboxylic acids is 1. The molecule has 2 aromatic rings. The first kappa shape index (κ1) is 12.6. The quantitative estimate of drug-likeness (QED) is 0.884. The first-order chi connectivity index (χ1) is 8.63. The van der Waals surface area contributed by atoms with Crippen molar-refractivity contribution in [2.24, 2.45) is 0 Å². The van der Waals surface area contributed by atoms with Gasteiger partial charge in [-0.3, -0.25) is 4.79 Å². The number of benzene rings is 2. The molecule has 0 fully saturated rings. The molecular formula is C14H11BrO3. The minimum atomic E-state index is -0.116. The molecule has 0 heterocycles. The highest BCUT2D eigenvalue weighted by Gasteiger charge is 2.14. The van der Waals surface area contributed by atoms with E-state index in [0.29, 0.717) is 15.6 Å². The average molecular weight is 307 g/mol. The number of hydrogen-bond acceptors (Lipinski definition) is 3. The Hall–Kier alpha value is -1.81.